The van der Waals surface area contributed by atoms with Gasteiger partial charge in [-0.2, -0.15) is 0 Å². The van der Waals surface area contributed by atoms with E-state index in [0.29, 0.717) is 11.4 Å². The fraction of sp³-hybridized carbons (Fsp3) is 0.130. The first-order valence-electron chi connectivity index (χ1n) is 8.89. The lowest BCUT2D eigenvalue weighted by Gasteiger charge is -2.10. The van der Waals surface area contributed by atoms with Gasteiger partial charge in [0.25, 0.3) is 0 Å². The van der Waals surface area contributed by atoms with Crippen LogP contribution in [-0.2, 0) is 0 Å². The molecule has 0 saturated heterocycles. The van der Waals surface area contributed by atoms with Gasteiger partial charge in [0.2, 0.25) is 0 Å². The van der Waals surface area contributed by atoms with Crippen LogP contribution in [0.4, 0.5) is 0 Å². The van der Waals surface area contributed by atoms with E-state index in [4.69, 9.17) is 0 Å². The van der Waals surface area contributed by atoms with Gasteiger partial charge in [-0.25, -0.2) is 0 Å². The molecule has 0 radical (unpaired) electrons. The van der Waals surface area contributed by atoms with E-state index in [1.807, 2.05) is 48.5 Å². The van der Waals surface area contributed by atoms with Crippen LogP contribution in [0.25, 0.3) is 21.5 Å². The molecule has 0 aliphatic heterocycles. The summed E-state index contributed by atoms with van der Waals surface area (Å²) in [4.78, 5) is 33.9. The number of carbonyl (C=O) groups is 2. The van der Waals surface area contributed by atoms with Crippen molar-refractivity contribution >= 4 is 33.1 Å². The van der Waals surface area contributed by atoms with Crippen molar-refractivity contribution in [1.82, 2.24) is 9.97 Å². The van der Waals surface area contributed by atoms with Crippen LogP contribution in [0.1, 0.15) is 34.3 Å². The molecule has 0 aliphatic carbocycles. The molecular weight excluding hydrogens is 336 g/mol. The smallest absolute Gasteiger partial charge is 0.184 e. The maximum absolute atomic E-state index is 12.7. The number of Topliss-reactive ketones (excluding diaryl/α,β-unsaturated/α-hetero) is 2. The van der Waals surface area contributed by atoms with Crippen LogP contribution in [0.2, 0.25) is 0 Å². The summed E-state index contributed by atoms with van der Waals surface area (Å²) in [5, 5.41) is 3.90. The Bertz CT molecular complexity index is 1170. The predicted molar refractivity (Wildman–Crippen MR) is 106 cm³/mol. The number of hydrogen-bond acceptors (Lipinski definition) is 4. The van der Waals surface area contributed by atoms with Crippen molar-refractivity contribution in [2.45, 2.75) is 13.3 Å². The van der Waals surface area contributed by atoms with Crippen LogP contribution >= 0.6 is 0 Å². The van der Waals surface area contributed by atoms with Crippen LogP contribution in [0, 0.1) is 5.92 Å². The molecule has 1 unspecified atom stereocenters. The van der Waals surface area contributed by atoms with E-state index in [2.05, 4.69) is 9.97 Å². The molecule has 4 nitrogen and oxygen atoms in total. The summed E-state index contributed by atoms with van der Waals surface area (Å²) in [5.74, 6) is -0.725. The summed E-state index contributed by atoms with van der Waals surface area (Å²) in [6, 6.07) is 19.1. The van der Waals surface area contributed by atoms with Crippen molar-refractivity contribution in [3.63, 3.8) is 0 Å². The van der Waals surface area contributed by atoms with E-state index in [9.17, 15) is 9.59 Å². The minimum absolute atomic E-state index is 0.110. The minimum atomic E-state index is -0.459. The van der Waals surface area contributed by atoms with Crippen molar-refractivity contribution < 1.29 is 9.59 Å². The van der Waals surface area contributed by atoms with Gasteiger partial charge in [-0.3, -0.25) is 19.6 Å². The normalized spacial score (nSPS) is 12.2. The number of benzene rings is 2. The Labute approximate surface area is 156 Å². The molecule has 0 bridgehead atoms. The van der Waals surface area contributed by atoms with Crippen molar-refractivity contribution in [3.8, 4) is 0 Å². The molecule has 132 valence electrons. The molecule has 2 aromatic carbocycles. The molecule has 4 heteroatoms. The number of carbonyl (C=O) groups excluding carboxylic acids is 2. The van der Waals surface area contributed by atoms with Gasteiger partial charge in [-0.15, -0.1) is 0 Å². The Hall–Kier alpha value is -3.40. The molecule has 2 aromatic heterocycles. The van der Waals surface area contributed by atoms with Crippen molar-refractivity contribution in [1.29, 1.82) is 0 Å². The van der Waals surface area contributed by atoms with Crippen LogP contribution in [-0.4, -0.2) is 21.5 Å². The minimum Gasteiger partial charge on any atom is -0.292 e. The summed E-state index contributed by atoms with van der Waals surface area (Å²) in [7, 11) is 0. The second-order valence-electron chi connectivity index (χ2n) is 6.73. The summed E-state index contributed by atoms with van der Waals surface area (Å²) < 4.78 is 0. The van der Waals surface area contributed by atoms with E-state index in [0.717, 1.165) is 21.5 Å². The number of fused-ring (bicyclic) bond motifs is 2. The van der Waals surface area contributed by atoms with Crippen molar-refractivity contribution in [2.75, 3.05) is 0 Å². The highest BCUT2D eigenvalue weighted by atomic mass is 16.1. The van der Waals surface area contributed by atoms with Gasteiger partial charge in [0.15, 0.2) is 11.6 Å². The molecule has 0 N–H and O–H groups in total. The summed E-state index contributed by atoms with van der Waals surface area (Å²) in [5.41, 5.74) is 0.778. The Balaban J connectivity index is 1.53. The molecule has 2 heterocycles. The predicted octanol–water partition coefficient (Wildman–Crippen LogP) is 4.87. The number of pyridine rings is 2. The highest BCUT2D eigenvalue weighted by Crippen LogP contribution is 2.19. The molecular formula is C23H18N2O2. The first-order chi connectivity index (χ1) is 13.1. The van der Waals surface area contributed by atoms with Gasteiger partial charge in [0.1, 0.15) is 11.4 Å². The molecule has 4 rings (SSSR count). The van der Waals surface area contributed by atoms with Crippen molar-refractivity contribution in [2.24, 2.45) is 5.92 Å². The standard InChI is InChI=1S/C23H18N2O2/c1-15(23(27)21-12-17-7-3-5-9-19(17)14-25-21)10-22(26)20-11-16-6-2-4-8-18(16)13-24-20/h2-9,11-15H,10H2,1H3. The second-order valence-corrected chi connectivity index (χ2v) is 6.73. The zero-order valence-corrected chi connectivity index (χ0v) is 14.9. The number of rotatable bonds is 5. The molecule has 0 saturated carbocycles. The Morgan fingerprint density at radius 2 is 1.26 bits per heavy atom. The van der Waals surface area contributed by atoms with Gasteiger partial charge in [-0.1, -0.05) is 55.5 Å². The fourth-order valence-corrected chi connectivity index (χ4v) is 3.18. The van der Waals surface area contributed by atoms with Gasteiger partial charge >= 0.3 is 0 Å². The molecule has 0 fully saturated rings. The van der Waals surface area contributed by atoms with Gasteiger partial charge in [0, 0.05) is 35.5 Å². The van der Waals surface area contributed by atoms with Crippen LogP contribution in [0.15, 0.2) is 73.1 Å². The largest absolute Gasteiger partial charge is 0.292 e. The lowest BCUT2D eigenvalue weighted by atomic mass is 9.95. The fourth-order valence-electron chi connectivity index (χ4n) is 3.18. The second kappa shape index (κ2) is 7.08. The average molecular weight is 354 g/mol. The van der Waals surface area contributed by atoms with Gasteiger partial charge in [0.05, 0.1) is 0 Å². The lowest BCUT2D eigenvalue weighted by molar-refractivity contribution is 0.0858. The van der Waals surface area contributed by atoms with E-state index < -0.39 is 5.92 Å². The quantitative estimate of drug-likeness (QED) is 0.480. The highest BCUT2D eigenvalue weighted by Gasteiger charge is 2.21. The number of nitrogens with zero attached hydrogens (tertiary/aromatic N) is 2. The third-order valence-electron chi connectivity index (χ3n) is 4.74. The van der Waals surface area contributed by atoms with Gasteiger partial charge < -0.3 is 0 Å². The third kappa shape index (κ3) is 3.47. The maximum Gasteiger partial charge on any atom is 0.184 e. The van der Waals surface area contributed by atoms with E-state index >= 15 is 0 Å². The topological polar surface area (TPSA) is 59.9 Å². The Kier molecular flexibility index (Phi) is 4.47. The number of aromatic nitrogens is 2. The zero-order valence-electron chi connectivity index (χ0n) is 14.9. The molecule has 27 heavy (non-hydrogen) atoms. The molecule has 4 aromatic rings. The first kappa shape index (κ1) is 17.0. The summed E-state index contributed by atoms with van der Waals surface area (Å²) in [6.45, 7) is 1.76. The zero-order chi connectivity index (χ0) is 18.8. The summed E-state index contributed by atoms with van der Waals surface area (Å²) >= 11 is 0. The summed E-state index contributed by atoms with van der Waals surface area (Å²) in [6.07, 6.45) is 3.50. The van der Waals surface area contributed by atoms with Crippen LogP contribution < -0.4 is 0 Å². The van der Waals surface area contributed by atoms with E-state index in [1.54, 1.807) is 31.5 Å². The molecule has 0 aliphatic rings. The van der Waals surface area contributed by atoms with Crippen LogP contribution in [0.5, 0.6) is 0 Å². The average Bonchev–Trinajstić information content (AvgIpc) is 2.72. The maximum atomic E-state index is 12.7. The van der Waals surface area contributed by atoms with Crippen molar-refractivity contribution in [3.05, 3.63) is 84.4 Å². The van der Waals surface area contributed by atoms with E-state index in [-0.39, 0.29) is 18.0 Å². The van der Waals surface area contributed by atoms with Gasteiger partial charge in [-0.05, 0) is 22.9 Å². The molecule has 0 amide bonds. The monoisotopic (exact) mass is 354 g/mol. The number of hydrogen-bond donors (Lipinski definition) is 0. The SMILES string of the molecule is CC(CC(=O)c1cc2ccccc2cn1)C(=O)c1cc2ccccc2cn1. The first-order valence-corrected chi connectivity index (χ1v) is 8.89. The lowest BCUT2D eigenvalue weighted by Crippen LogP contribution is -2.17. The molecule has 1 atom stereocenters. The Morgan fingerprint density at radius 1 is 0.778 bits per heavy atom. The Morgan fingerprint density at radius 3 is 1.85 bits per heavy atom. The van der Waals surface area contributed by atoms with E-state index in [1.165, 1.54) is 0 Å². The van der Waals surface area contributed by atoms with Crippen LogP contribution in [0.3, 0.4) is 0 Å². The molecule has 0 spiro atoms. The third-order valence-corrected chi connectivity index (χ3v) is 4.74. The number of ketones is 2. The highest BCUT2D eigenvalue weighted by molar-refractivity contribution is 6.04.